The molecule has 1 aromatic carbocycles. The molecule has 1 amide bonds. The van der Waals surface area contributed by atoms with Gasteiger partial charge < -0.3 is 15.5 Å². The first-order valence-corrected chi connectivity index (χ1v) is 6.30. The minimum Gasteiger partial charge on any atom is -0.381 e. The molecule has 0 saturated carbocycles. The number of hydrogen-bond acceptors (Lipinski definition) is 4. The highest BCUT2D eigenvalue weighted by Crippen LogP contribution is 2.20. The second-order valence-electron chi connectivity index (χ2n) is 4.83. The van der Waals surface area contributed by atoms with Gasteiger partial charge >= 0.3 is 0 Å². The SMILES string of the molecule is Cl.NC1(C(=O)Nc2nc3ccccc3[nH]2)CCOCC1. The molecule has 0 unspecified atom stereocenters. The van der Waals surface area contributed by atoms with Gasteiger partial charge in [0.1, 0.15) is 5.54 Å². The fourth-order valence-electron chi connectivity index (χ4n) is 2.21. The van der Waals surface area contributed by atoms with Crippen LogP contribution in [0.15, 0.2) is 24.3 Å². The zero-order valence-corrected chi connectivity index (χ0v) is 11.7. The van der Waals surface area contributed by atoms with E-state index in [0.29, 0.717) is 32.0 Å². The molecule has 20 heavy (non-hydrogen) atoms. The van der Waals surface area contributed by atoms with Crippen molar-refractivity contribution in [2.45, 2.75) is 18.4 Å². The standard InChI is InChI=1S/C13H16N4O2.ClH/c14-13(5-7-19-8-6-13)11(18)17-12-15-9-3-1-2-4-10(9)16-12;/h1-4H,5-8,14H2,(H2,15,16,17,18);1H. The molecule has 1 fully saturated rings. The first-order valence-electron chi connectivity index (χ1n) is 6.30. The molecular weight excluding hydrogens is 280 g/mol. The molecule has 0 bridgehead atoms. The second-order valence-corrected chi connectivity index (χ2v) is 4.83. The Morgan fingerprint density at radius 2 is 2.05 bits per heavy atom. The number of aromatic amines is 1. The summed E-state index contributed by atoms with van der Waals surface area (Å²) in [4.78, 5) is 19.6. The lowest BCUT2D eigenvalue weighted by Crippen LogP contribution is -2.54. The van der Waals surface area contributed by atoms with Crippen molar-refractivity contribution in [2.75, 3.05) is 18.5 Å². The van der Waals surface area contributed by atoms with Crippen molar-refractivity contribution in [3.8, 4) is 0 Å². The van der Waals surface area contributed by atoms with Gasteiger partial charge in [0.25, 0.3) is 0 Å². The number of halogens is 1. The Balaban J connectivity index is 0.00000147. The summed E-state index contributed by atoms with van der Waals surface area (Å²) in [6, 6.07) is 7.60. The number of benzene rings is 1. The third-order valence-electron chi connectivity index (χ3n) is 3.46. The Labute approximate surface area is 122 Å². The molecule has 1 aliphatic rings. The van der Waals surface area contributed by atoms with Crippen LogP contribution in [0.5, 0.6) is 0 Å². The Morgan fingerprint density at radius 3 is 2.75 bits per heavy atom. The average molecular weight is 297 g/mol. The number of para-hydroxylation sites is 2. The molecule has 7 heteroatoms. The minimum atomic E-state index is -0.864. The number of H-pyrrole nitrogens is 1. The Hall–Kier alpha value is -1.63. The molecule has 1 saturated heterocycles. The Morgan fingerprint density at radius 1 is 1.35 bits per heavy atom. The molecule has 108 valence electrons. The van der Waals surface area contributed by atoms with E-state index in [1.165, 1.54) is 0 Å². The molecular formula is C13H17ClN4O2. The molecule has 1 aliphatic heterocycles. The molecule has 2 aromatic rings. The first kappa shape index (κ1) is 14.8. The summed E-state index contributed by atoms with van der Waals surface area (Å²) in [5.74, 6) is 0.220. The lowest BCUT2D eigenvalue weighted by atomic mass is 9.90. The van der Waals surface area contributed by atoms with Gasteiger partial charge in [-0.1, -0.05) is 12.1 Å². The summed E-state index contributed by atoms with van der Waals surface area (Å²) < 4.78 is 5.23. The van der Waals surface area contributed by atoms with Gasteiger partial charge in [-0.3, -0.25) is 10.1 Å². The van der Waals surface area contributed by atoms with E-state index < -0.39 is 5.54 Å². The predicted molar refractivity (Wildman–Crippen MR) is 78.9 cm³/mol. The molecule has 6 nitrogen and oxygen atoms in total. The van der Waals surface area contributed by atoms with Crippen LogP contribution in [0.2, 0.25) is 0 Å². The molecule has 0 aliphatic carbocycles. The maximum Gasteiger partial charge on any atom is 0.246 e. The van der Waals surface area contributed by atoms with E-state index in [0.717, 1.165) is 11.0 Å². The lowest BCUT2D eigenvalue weighted by Gasteiger charge is -2.31. The topological polar surface area (TPSA) is 93.0 Å². The van der Waals surface area contributed by atoms with Crippen LogP contribution in [0, 0.1) is 0 Å². The first-order chi connectivity index (χ1) is 9.17. The number of nitrogens with one attached hydrogen (secondary N) is 2. The van der Waals surface area contributed by atoms with Gasteiger partial charge in [-0.05, 0) is 25.0 Å². The summed E-state index contributed by atoms with van der Waals surface area (Å²) in [6.07, 6.45) is 1.05. The number of rotatable bonds is 2. The average Bonchev–Trinajstić information content (AvgIpc) is 2.81. The molecule has 0 radical (unpaired) electrons. The number of carbonyl (C=O) groups excluding carboxylic acids is 1. The number of amides is 1. The summed E-state index contributed by atoms with van der Waals surface area (Å²) in [5, 5.41) is 2.76. The monoisotopic (exact) mass is 296 g/mol. The van der Waals surface area contributed by atoms with Crippen molar-refractivity contribution in [1.82, 2.24) is 9.97 Å². The van der Waals surface area contributed by atoms with Gasteiger partial charge in [-0.25, -0.2) is 4.98 Å². The highest BCUT2D eigenvalue weighted by atomic mass is 35.5. The van der Waals surface area contributed by atoms with Gasteiger partial charge in [0, 0.05) is 13.2 Å². The third kappa shape index (κ3) is 2.77. The summed E-state index contributed by atoms with van der Waals surface area (Å²) in [5.41, 5.74) is 6.95. The normalized spacial score (nSPS) is 17.4. The largest absolute Gasteiger partial charge is 0.381 e. The van der Waals surface area contributed by atoms with Crippen molar-refractivity contribution in [1.29, 1.82) is 0 Å². The van der Waals surface area contributed by atoms with E-state index in [-0.39, 0.29) is 18.3 Å². The Kier molecular flexibility index (Phi) is 4.27. The van der Waals surface area contributed by atoms with Gasteiger partial charge in [0.15, 0.2) is 0 Å². The predicted octanol–water partition coefficient (Wildman–Crippen LogP) is 1.43. The van der Waals surface area contributed by atoms with E-state index in [1.807, 2.05) is 24.3 Å². The van der Waals surface area contributed by atoms with Crippen LogP contribution in [0.1, 0.15) is 12.8 Å². The summed E-state index contributed by atoms with van der Waals surface area (Å²) in [6.45, 7) is 1.04. The van der Waals surface area contributed by atoms with Crippen molar-refractivity contribution in [2.24, 2.45) is 5.73 Å². The zero-order chi connectivity index (χ0) is 13.3. The van der Waals surface area contributed by atoms with Crippen molar-refractivity contribution in [3.63, 3.8) is 0 Å². The molecule has 2 heterocycles. The van der Waals surface area contributed by atoms with Crippen LogP contribution >= 0.6 is 12.4 Å². The van der Waals surface area contributed by atoms with Gasteiger partial charge in [-0.2, -0.15) is 0 Å². The maximum absolute atomic E-state index is 12.2. The minimum absolute atomic E-state index is 0. The highest BCUT2D eigenvalue weighted by molar-refractivity contribution is 5.97. The van der Waals surface area contributed by atoms with Crippen LogP contribution < -0.4 is 11.1 Å². The van der Waals surface area contributed by atoms with Crippen LogP contribution in [0.25, 0.3) is 11.0 Å². The van der Waals surface area contributed by atoms with E-state index >= 15 is 0 Å². The number of hydrogen-bond donors (Lipinski definition) is 3. The van der Waals surface area contributed by atoms with Crippen molar-refractivity contribution in [3.05, 3.63) is 24.3 Å². The number of carbonyl (C=O) groups is 1. The number of anilines is 1. The third-order valence-corrected chi connectivity index (χ3v) is 3.46. The number of aromatic nitrogens is 2. The Bertz CT molecular complexity index is 574. The van der Waals surface area contributed by atoms with E-state index in [4.69, 9.17) is 10.5 Å². The van der Waals surface area contributed by atoms with Crippen LogP contribution in [-0.2, 0) is 9.53 Å². The number of nitrogens with two attached hydrogens (primary N) is 1. The molecule has 3 rings (SSSR count). The maximum atomic E-state index is 12.2. The fraction of sp³-hybridized carbons (Fsp3) is 0.385. The van der Waals surface area contributed by atoms with Crippen molar-refractivity contribution < 1.29 is 9.53 Å². The van der Waals surface area contributed by atoms with Crippen LogP contribution in [0.4, 0.5) is 5.95 Å². The molecule has 0 atom stereocenters. The summed E-state index contributed by atoms with van der Waals surface area (Å²) >= 11 is 0. The number of imidazole rings is 1. The van der Waals surface area contributed by atoms with E-state index in [2.05, 4.69) is 15.3 Å². The molecule has 1 aromatic heterocycles. The number of nitrogens with zero attached hydrogens (tertiary/aromatic N) is 1. The number of ether oxygens (including phenoxy) is 1. The smallest absolute Gasteiger partial charge is 0.246 e. The fourth-order valence-corrected chi connectivity index (χ4v) is 2.21. The quantitative estimate of drug-likeness (QED) is 0.781. The van der Waals surface area contributed by atoms with Gasteiger partial charge in [0.2, 0.25) is 11.9 Å². The van der Waals surface area contributed by atoms with E-state index in [9.17, 15) is 4.79 Å². The number of fused-ring (bicyclic) bond motifs is 1. The lowest BCUT2D eigenvalue weighted by molar-refractivity contribution is -0.124. The summed E-state index contributed by atoms with van der Waals surface area (Å²) in [7, 11) is 0. The highest BCUT2D eigenvalue weighted by Gasteiger charge is 2.36. The molecule has 0 spiro atoms. The van der Waals surface area contributed by atoms with Gasteiger partial charge in [-0.15, -0.1) is 12.4 Å². The van der Waals surface area contributed by atoms with Crippen LogP contribution in [-0.4, -0.2) is 34.6 Å². The van der Waals surface area contributed by atoms with E-state index in [1.54, 1.807) is 0 Å². The second kappa shape index (κ2) is 5.78. The van der Waals surface area contributed by atoms with Gasteiger partial charge in [0.05, 0.1) is 11.0 Å². The van der Waals surface area contributed by atoms with Crippen LogP contribution in [0.3, 0.4) is 0 Å². The molecule has 4 N–H and O–H groups in total. The van der Waals surface area contributed by atoms with Crippen molar-refractivity contribution >= 4 is 35.3 Å². The zero-order valence-electron chi connectivity index (χ0n) is 10.9.